The highest BCUT2D eigenvalue weighted by atomic mass is 79.9. The summed E-state index contributed by atoms with van der Waals surface area (Å²) in [6.45, 7) is 2.78. The van der Waals surface area contributed by atoms with E-state index in [0.717, 1.165) is 10.9 Å². The Morgan fingerprint density at radius 1 is 1.36 bits per heavy atom. The second-order valence-electron chi connectivity index (χ2n) is 2.47. The molecule has 0 atom stereocenters. The van der Waals surface area contributed by atoms with Gasteiger partial charge in [-0.2, -0.15) is 0 Å². The van der Waals surface area contributed by atoms with Crippen LogP contribution >= 0.6 is 15.9 Å². The Morgan fingerprint density at radius 3 is 2.64 bits per heavy atom. The molecule has 0 saturated carbocycles. The molecular weight excluding hydrogens is 202 g/mol. The molecule has 0 aliphatic rings. The van der Waals surface area contributed by atoms with Crippen LogP contribution < -0.4 is 5.73 Å². The van der Waals surface area contributed by atoms with Crippen molar-refractivity contribution >= 4 is 15.9 Å². The Balaban J connectivity index is 3.06. The van der Waals surface area contributed by atoms with Gasteiger partial charge in [-0.1, -0.05) is 28.9 Å². The largest absolute Gasteiger partial charge is 0.326 e. The van der Waals surface area contributed by atoms with Crippen molar-refractivity contribution in [3.8, 4) is 0 Å². The molecule has 0 bridgehead atoms. The van der Waals surface area contributed by atoms with E-state index in [1.54, 1.807) is 0 Å². The molecule has 1 aromatic carbocycles. The van der Waals surface area contributed by atoms with Crippen molar-refractivity contribution in [3.63, 3.8) is 0 Å². The summed E-state index contributed by atoms with van der Waals surface area (Å²) >= 11 is 3.43. The van der Waals surface area contributed by atoms with Crippen LogP contribution in [0, 0.1) is 0 Å². The minimum Gasteiger partial charge on any atom is -0.326 e. The first-order valence-corrected chi connectivity index (χ1v) is 4.54. The molecule has 0 fully saturated rings. The molecule has 1 aromatic rings. The van der Waals surface area contributed by atoms with Crippen LogP contribution in [-0.4, -0.2) is 0 Å². The highest BCUT2D eigenvalue weighted by Crippen LogP contribution is 2.16. The van der Waals surface area contributed by atoms with Crippen molar-refractivity contribution in [2.45, 2.75) is 19.9 Å². The molecule has 0 radical (unpaired) electrons. The van der Waals surface area contributed by atoms with E-state index in [0.29, 0.717) is 6.54 Å². The summed E-state index contributed by atoms with van der Waals surface area (Å²) in [6, 6.07) is 6.23. The molecule has 0 spiro atoms. The lowest BCUT2D eigenvalue weighted by Gasteiger charge is -2.04. The highest BCUT2D eigenvalue weighted by Gasteiger charge is 1.98. The first-order chi connectivity index (χ1) is 5.27. The molecule has 0 aromatic heterocycles. The maximum atomic E-state index is 5.56. The van der Waals surface area contributed by atoms with Crippen molar-refractivity contribution in [3.05, 3.63) is 33.8 Å². The Labute approximate surface area is 75.7 Å². The van der Waals surface area contributed by atoms with Crippen molar-refractivity contribution in [1.29, 1.82) is 0 Å². The maximum absolute atomic E-state index is 5.56. The predicted octanol–water partition coefficient (Wildman–Crippen LogP) is 2.47. The highest BCUT2D eigenvalue weighted by molar-refractivity contribution is 9.10. The fourth-order valence-electron chi connectivity index (χ4n) is 1.12. The van der Waals surface area contributed by atoms with E-state index >= 15 is 0 Å². The summed E-state index contributed by atoms with van der Waals surface area (Å²) < 4.78 is 1.13. The predicted molar refractivity (Wildman–Crippen MR) is 51.4 cm³/mol. The summed E-state index contributed by atoms with van der Waals surface area (Å²) in [6.07, 6.45) is 1.05. The number of aryl methyl sites for hydroxylation is 1. The first-order valence-electron chi connectivity index (χ1n) is 3.75. The van der Waals surface area contributed by atoms with E-state index in [1.165, 1.54) is 11.1 Å². The summed E-state index contributed by atoms with van der Waals surface area (Å²) in [5.74, 6) is 0. The average Bonchev–Trinajstić information content (AvgIpc) is 2.04. The van der Waals surface area contributed by atoms with Crippen LogP contribution in [0.15, 0.2) is 22.7 Å². The van der Waals surface area contributed by atoms with Crippen molar-refractivity contribution < 1.29 is 0 Å². The van der Waals surface area contributed by atoms with E-state index in [-0.39, 0.29) is 0 Å². The van der Waals surface area contributed by atoms with Crippen LogP contribution in [-0.2, 0) is 13.0 Å². The Kier molecular flexibility index (Phi) is 3.09. The maximum Gasteiger partial charge on any atom is 0.0180 e. The van der Waals surface area contributed by atoms with Gasteiger partial charge in [-0.3, -0.25) is 0 Å². The zero-order chi connectivity index (χ0) is 8.27. The molecule has 2 heteroatoms. The normalized spacial score (nSPS) is 10.1. The van der Waals surface area contributed by atoms with Gasteiger partial charge in [0, 0.05) is 11.0 Å². The molecule has 0 unspecified atom stereocenters. The third-order valence-electron chi connectivity index (χ3n) is 1.77. The van der Waals surface area contributed by atoms with E-state index in [1.807, 2.05) is 6.07 Å². The fourth-order valence-corrected chi connectivity index (χ4v) is 1.53. The first kappa shape index (κ1) is 8.75. The molecule has 1 nitrogen and oxygen atoms in total. The van der Waals surface area contributed by atoms with Crippen molar-refractivity contribution in [2.24, 2.45) is 5.73 Å². The lowest BCUT2D eigenvalue weighted by atomic mass is 10.1. The quantitative estimate of drug-likeness (QED) is 0.803. The number of nitrogens with two attached hydrogens (primary N) is 1. The van der Waals surface area contributed by atoms with Gasteiger partial charge in [0.05, 0.1) is 0 Å². The van der Waals surface area contributed by atoms with Crippen LogP contribution in [0.5, 0.6) is 0 Å². The molecular formula is C9H12BrN. The SMILES string of the molecule is CCc1cc(Br)ccc1CN. The number of hydrogen-bond acceptors (Lipinski definition) is 1. The van der Waals surface area contributed by atoms with Crippen LogP contribution in [0.4, 0.5) is 0 Å². The lowest BCUT2D eigenvalue weighted by Crippen LogP contribution is -2.00. The summed E-state index contributed by atoms with van der Waals surface area (Å²) in [5, 5.41) is 0. The van der Waals surface area contributed by atoms with Gasteiger partial charge in [-0.15, -0.1) is 0 Å². The zero-order valence-electron chi connectivity index (χ0n) is 6.60. The molecule has 60 valence electrons. The third-order valence-corrected chi connectivity index (χ3v) is 2.26. The van der Waals surface area contributed by atoms with Gasteiger partial charge >= 0.3 is 0 Å². The Hall–Kier alpha value is -0.340. The van der Waals surface area contributed by atoms with Gasteiger partial charge in [0.1, 0.15) is 0 Å². The second-order valence-corrected chi connectivity index (χ2v) is 3.39. The summed E-state index contributed by atoms with van der Waals surface area (Å²) in [7, 11) is 0. The van der Waals surface area contributed by atoms with Crippen LogP contribution in [0.25, 0.3) is 0 Å². The Morgan fingerprint density at radius 2 is 2.09 bits per heavy atom. The monoisotopic (exact) mass is 213 g/mol. The van der Waals surface area contributed by atoms with E-state index < -0.39 is 0 Å². The molecule has 0 saturated heterocycles. The smallest absolute Gasteiger partial charge is 0.0180 e. The molecule has 0 heterocycles. The van der Waals surface area contributed by atoms with Crippen LogP contribution in [0.3, 0.4) is 0 Å². The molecule has 2 N–H and O–H groups in total. The number of rotatable bonds is 2. The minimum atomic E-state index is 0.635. The van der Waals surface area contributed by atoms with Crippen molar-refractivity contribution in [1.82, 2.24) is 0 Å². The van der Waals surface area contributed by atoms with Gasteiger partial charge in [-0.25, -0.2) is 0 Å². The van der Waals surface area contributed by atoms with E-state index in [4.69, 9.17) is 5.73 Å². The Bertz CT molecular complexity index is 245. The van der Waals surface area contributed by atoms with Crippen molar-refractivity contribution in [2.75, 3.05) is 0 Å². The summed E-state index contributed by atoms with van der Waals surface area (Å²) in [4.78, 5) is 0. The minimum absolute atomic E-state index is 0.635. The van der Waals surface area contributed by atoms with E-state index in [9.17, 15) is 0 Å². The average molecular weight is 214 g/mol. The lowest BCUT2D eigenvalue weighted by molar-refractivity contribution is 1.00. The third kappa shape index (κ3) is 2.04. The number of benzene rings is 1. The van der Waals surface area contributed by atoms with Crippen LogP contribution in [0.2, 0.25) is 0 Å². The van der Waals surface area contributed by atoms with Gasteiger partial charge in [-0.05, 0) is 29.7 Å². The zero-order valence-corrected chi connectivity index (χ0v) is 8.19. The molecule has 0 aliphatic heterocycles. The van der Waals surface area contributed by atoms with E-state index in [2.05, 4.69) is 35.0 Å². The van der Waals surface area contributed by atoms with Gasteiger partial charge < -0.3 is 5.73 Å². The topological polar surface area (TPSA) is 26.0 Å². The molecule has 0 aliphatic carbocycles. The molecule has 0 amide bonds. The standard InChI is InChI=1S/C9H12BrN/c1-2-7-5-9(10)4-3-8(7)6-11/h3-5H,2,6,11H2,1H3. The van der Waals surface area contributed by atoms with Crippen LogP contribution in [0.1, 0.15) is 18.1 Å². The molecule has 11 heavy (non-hydrogen) atoms. The van der Waals surface area contributed by atoms with Gasteiger partial charge in [0.15, 0.2) is 0 Å². The fraction of sp³-hybridized carbons (Fsp3) is 0.333. The summed E-state index contributed by atoms with van der Waals surface area (Å²) in [5.41, 5.74) is 8.14. The van der Waals surface area contributed by atoms with Gasteiger partial charge in [0.2, 0.25) is 0 Å². The molecule has 1 rings (SSSR count). The number of hydrogen-bond donors (Lipinski definition) is 1. The van der Waals surface area contributed by atoms with Gasteiger partial charge in [0.25, 0.3) is 0 Å². The second kappa shape index (κ2) is 3.88. The number of halogens is 1.